The van der Waals surface area contributed by atoms with Gasteiger partial charge in [-0.1, -0.05) is 13.8 Å². The molecule has 0 aliphatic rings. The maximum absolute atomic E-state index is 4.68. The van der Waals surface area contributed by atoms with Crippen molar-refractivity contribution in [1.82, 2.24) is 24.6 Å². The minimum absolute atomic E-state index is 0.263. The Morgan fingerprint density at radius 1 is 1.29 bits per heavy atom. The topological polar surface area (TPSA) is 47.7 Å². The molecule has 2 heterocycles. The van der Waals surface area contributed by atoms with Crippen molar-refractivity contribution in [3.05, 3.63) is 35.7 Å². The summed E-state index contributed by atoms with van der Waals surface area (Å²) >= 11 is 0. The molecule has 2 aromatic rings. The summed E-state index contributed by atoms with van der Waals surface area (Å²) < 4.78 is 4.21. The molecule has 0 aromatic carbocycles. The highest BCUT2D eigenvalue weighted by Crippen LogP contribution is 2.19. The number of hydrogen-bond donors (Lipinski definition) is 1. The van der Waals surface area contributed by atoms with Crippen LogP contribution in [0.15, 0.2) is 18.5 Å². The largest absolute Gasteiger partial charge is 0.338 e. The number of nitrogens with zero attached hydrogens (tertiary/aromatic N) is 4. The normalized spacial score (nSPS) is 12.8. The Hall–Kier alpha value is -1.62. The quantitative estimate of drug-likeness (QED) is 0.812. The third-order valence-corrected chi connectivity index (χ3v) is 3.83. The maximum atomic E-state index is 4.68. The van der Waals surface area contributed by atoms with Crippen LogP contribution in [-0.4, -0.2) is 25.9 Å². The van der Waals surface area contributed by atoms with Crippen LogP contribution < -0.4 is 5.32 Å². The van der Waals surface area contributed by atoms with Crippen molar-refractivity contribution < 1.29 is 0 Å². The zero-order valence-electron chi connectivity index (χ0n) is 13.6. The van der Waals surface area contributed by atoms with Crippen LogP contribution in [0.1, 0.15) is 50.4 Å². The Kier molecular flexibility index (Phi) is 5.56. The predicted octanol–water partition coefficient (Wildman–Crippen LogP) is 2.48. The highest BCUT2D eigenvalue weighted by atomic mass is 15.3. The summed E-state index contributed by atoms with van der Waals surface area (Å²) in [7, 11) is 2.05. The number of hydrogen-bond acceptors (Lipinski definition) is 3. The summed E-state index contributed by atoms with van der Waals surface area (Å²) in [6.45, 7) is 8.40. The Bertz CT molecular complexity index is 555. The summed E-state index contributed by atoms with van der Waals surface area (Å²) in [5.74, 6) is 1.10. The number of aromatic nitrogens is 4. The van der Waals surface area contributed by atoms with Gasteiger partial charge in [-0.2, -0.15) is 5.10 Å². The highest BCUT2D eigenvalue weighted by Gasteiger charge is 2.19. The Balaban J connectivity index is 2.26. The smallest absolute Gasteiger partial charge is 0.110 e. The Labute approximate surface area is 127 Å². The van der Waals surface area contributed by atoms with Crippen LogP contribution in [0.3, 0.4) is 0 Å². The average Bonchev–Trinajstić information content (AvgIpc) is 3.09. The lowest BCUT2D eigenvalue weighted by atomic mass is 10.1. The van der Waals surface area contributed by atoms with E-state index < -0.39 is 0 Å². The van der Waals surface area contributed by atoms with Crippen molar-refractivity contribution in [2.75, 3.05) is 6.54 Å². The van der Waals surface area contributed by atoms with E-state index in [1.54, 1.807) is 0 Å². The van der Waals surface area contributed by atoms with Crippen molar-refractivity contribution in [3.63, 3.8) is 0 Å². The first kappa shape index (κ1) is 15.8. The molecule has 0 aliphatic heterocycles. The van der Waals surface area contributed by atoms with Crippen LogP contribution >= 0.6 is 0 Å². The zero-order valence-corrected chi connectivity index (χ0v) is 13.6. The molecule has 0 fully saturated rings. The minimum atomic E-state index is 0.263. The summed E-state index contributed by atoms with van der Waals surface area (Å²) in [6, 6.07) is 2.50. The summed E-state index contributed by atoms with van der Waals surface area (Å²) in [4.78, 5) is 4.46. The molecule has 1 atom stereocenters. The van der Waals surface area contributed by atoms with E-state index in [0.717, 1.165) is 43.9 Å². The third kappa shape index (κ3) is 3.73. The second kappa shape index (κ2) is 7.41. The van der Waals surface area contributed by atoms with Crippen LogP contribution in [0.4, 0.5) is 0 Å². The van der Waals surface area contributed by atoms with Crippen LogP contribution in [0.5, 0.6) is 0 Å². The zero-order chi connectivity index (χ0) is 15.2. The molecule has 1 unspecified atom stereocenters. The van der Waals surface area contributed by atoms with Crippen LogP contribution in [0.2, 0.25) is 0 Å². The molecule has 0 bridgehead atoms. The Morgan fingerprint density at radius 2 is 2.10 bits per heavy atom. The summed E-state index contributed by atoms with van der Waals surface area (Å²) in [5, 5.41) is 8.33. The lowest BCUT2D eigenvalue weighted by Crippen LogP contribution is -2.27. The number of rotatable bonds is 8. The van der Waals surface area contributed by atoms with Crippen molar-refractivity contribution in [2.24, 2.45) is 7.05 Å². The summed E-state index contributed by atoms with van der Waals surface area (Å²) in [5.41, 5.74) is 2.43. The Morgan fingerprint density at radius 3 is 2.67 bits per heavy atom. The molecule has 21 heavy (non-hydrogen) atoms. The fraction of sp³-hybridized carbons (Fsp3) is 0.625. The molecular weight excluding hydrogens is 262 g/mol. The monoisotopic (exact) mass is 289 g/mol. The number of aryl methyl sites for hydroxylation is 3. The van der Waals surface area contributed by atoms with E-state index in [0.29, 0.717) is 0 Å². The van der Waals surface area contributed by atoms with Crippen molar-refractivity contribution in [1.29, 1.82) is 0 Å². The van der Waals surface area contributed by atoms with Crippen LogP contribution in [0.25, 0.3) is 0 Å². The molecular formula is C16H27N5. The molecule has 116 valence electrons. The summed E-state index contributed by atoms with van der Waals surface area (Å²) in [6.07, 6.45) is 6.85. The van der Waals surface area contributed by atoms with Crippen molar-refractivity contribution >= 4 is 0 Å². The molecule has 0 saturated heterocycles. The van der Waals surface area contributed by atoms with E-state index in [1.165, 1.54) is 5.69 Å². The van der Waals surface area contributed by atoms with E-state index in [-0.39, 0.29) is 6.04 Å². The van der Waals surface area contributed by atoms with Gasteiger partial charge in [0.15, 0.2) is 0 Å². The van der Waals surface area contributed by atoms with E-state index in [2.05, 4.69) is 51.5 Å². The third-order valence-electron chi connectivity index (χ3n) is 3.83. The van der Waals surface area contributed by atoms with Gasteiger partial charge in [-0.25, -0.2) is 4.98 Å². The van der Waals surface area contributed by atoms with Gasteiger partial charge >= 0.3 is 0 Å². The van der Waals surface area contributed by atoms with Gasteiger partial charge in [-0.15, -0.1) is 0 Å². The lowest BCUT2D eigenvalue weighted by Gasteiger charge is -2.19. The first-order chi connectivity index (χ1) is 10.2. The number of nitrogens with one attached hydrogen (secondary N) is 1. The SMILES string of the molecule is CCCNC(Cc1nccn1C)c1cc(CC)nn1CC. The van der Waals surface area contributed by atoms with E-state index in [9.17, 15) is 0 Å². The molecule has 2 rings (SSSR count). The number of imidazole rings is 1. The average molecular weight is 289 g/mol. The van der Waals surface area contributed by atoms with E-state index >= 15 is 0 Å². The van der Waals surface area contributed by atoms with Gasteiger partial charge in [0, 0.05) is 32.4 Å². The fourth-order valence-corrected chi connectivity index (χ4v) is 2.57. The van der Waals surface area contributed by atoms with Gasteiger partial charge in [-0.3, -0.25) is 4.68 Å². The first-order valence-corrected chi connectivity index (χ1v) is 7.95. The second-order valence-electron chi connectivity index (χ2n) is 5.40. The molecule has 0 radical (unpaired) electrons. The van der Waals surface area contributed by atoms with Gasteiger partial charge in [0.05, 0.1) is 17.4 Å². The van der Waals surface area contributed by atoms with Crippen LogP contribution in [0, 0.1) is 0 Å². The van der Waals surface area contributed by atoms with E-state index in [4.69, 9.17) is 0 Å². The standard InChI is InChI=1S/C16H27N5/c1-5-8-17-14(12-16-18-9-10-20(16)4)15-11-13(6-2)19-21(15)7-3/h9-11,14,17H,5-8,12H2,1-4H3. The van der Waals surface area contributed by atoms with Gasteiger partial charge in [-0.05, 0) is 32.4 Å². The van der Waals surface area contributed by atoms with Crippen molar-refractivity contribution in [3.8, 4) is 0 Å². The molecule has 5 heteroatoms. The van der Waals surface area contributed by atoms with E-state index in [1.807, 2.05) is 19.4 Å². The van der Waals surface area contributed by atoms with Gasteiger partial charge in [0.25, 0.3) is 0 Å². The lowest BCUT2D eigenvalue weighted by molar-refractivity contribution is 0.466. The molecule has 0 aliphatic carbocycles. The van der Waals surface area contributed by atoms with Gasteiger partial charge in [0.1, 0.15) is 5.82 Å². The maximum Gasteiger partial charge on any atom is 0.110 e. The highest BCUT2D eigenvalue weighted by molar-refractivity contribution is 5.16. The first-order valence-electron chi connectivity index (χ1n) is 7.95. The van der Waals surface area contributed by atoms with Crippen LogP contribution in [-0.2, 0) is 26.4 Å². The van der Waals surface area contributed by atoms with Gasteiger partial charge < -0.3 is 9.88 Å². The van der Waals surface area contributed by atoms with Gasteiger partial charge in [0.2, 0.25) is 0 Å². The second-order valence-corrected chi connectivity index (χ2v) is 5.40. The fourth-order valence-electron chi connectivity index (χ4n) is 2.57. The molecule has 2 aromatic heterocycles. The minimum Gasteiger partial charge on any atom is -0.338 e. The predicted molar refractivity (Wildman–Crippen MR) is 85.2 cm³/mol. The molecule has 0 amide bonds. The molecule has 0 spiro atoms. The van der Waals surface area contributed by atoms with Crippen molar-refractivity contribution in [2.45, 2.75) is 52.6 Å². The molecule has 1 N–H and O–H groups in total. The molecule has 5 nitrogen and oxygen atoms in total. The molecule has 0 saturated carbocycles.